The lowest BCUT2D eigenvalue weighted by Gasteiger charge is -2.13. The Morgan fingerprint density at radius 2 is 0.544 bits per heavy atom. The average Bonchev–Trinajstić information content (AvgIpc) is 3.92. The summed E-state index contributed by atoms with van der Waals surface area (Å²) >= 11 is 0. The fourth-order valence-corrected chi connectivity index (χ4v) is 10.0. The highest BCUT2D eigenvalue weighted by Gasteiger charge is 2.19. The van der Waals surface area contributed by atoms with E-state index in [4.69, 9.17) is 0 Å². The van der Waals surface area contributed by atoms with Crippen LogP contribution in [0, 0.1) is 0 Å². The maximum Gasteiger partial charge on any atom is 0.0619 e. The Balaban J connectivity index is 1.23. The molecular weight excluding hydrogens is 691 g/mol. The third kappa shape index (κ3) is 4.15. The van der Waals surface area contributed by atoms with Crippen LogP contribution in [0.5, 0.6) is 0 Å². The van der Waals surface area contributed by atoms with Crippen molar-refractivity contribution in [3.05, 3.63) is 200 Å². The molecule has 0 radical (unpaired) electrons. The smallest absolute Gasteiger partial charge is 0.0619 e. The number of benzene rings is 9. The number of rotatable bonds is 2. The Kier molecular flexibility index (Phi) is 6.16. The number of para-hydroxylation sites is 5. The van der Waals surface area contributed by atoms with Crippen molar-refractivity contribution in [1.82, 2.24) is 13.5 Å². The first-order chi connectivity index (χ1) is 28.3. The molecular formula is C54H33N3. The van der Waals surface area contributed by atoms with Crippen LogP contribution < -0.4 is 0 Å². The van der Waals surface area contributed by atoms with E-state index in [-0.39, 0.29) is 0 Å². The highest BCUT2D eigenvalue weighted by molar-refractivity contribution is 6.26. The van der Waals surface area contributed by atoms with E-state index in [1.165, 1.54) is 103 Å². The summed E-state index contributed by atoms with van der Waals surface area (Å²) in [5, 5.41) is 14.9. The molecule has 13 rings (SSSR count). The van der Waals surface area contributed by atoms with E-state index in [9.17, 15) is 0 Å². The molecule has 0 aliphatic heterocycles. The van der Waals surface area contributed by atoms with Crippen molar-refractivity contribution in [3.63, 3.8) is 0 Å². The molecule has 0 unspecified atom stereocenters. The predicted octanol–water partition coefficient (Wildman–Crippen LogP) is 14.5. The number of hydrogen-bond acceptors (Lipinski definition) is 0. The summed E-state index contributed by atoms with van der Waals surface area (Å²) in [5.74, 6) is 0. The third-order valence-corrected chi connectivity index (χ3v) is 12.4. The normalized spacial score (nSPS) is 12.2. The molecule has 0 N–H and O–H groups in total. The van der Waals surface area contributed by atoms with Gasteiger partial charge in [-0.05, 0) is 76.1 Å². The van der Waals surface area contributed by atoms with Gasteiger partial charge in [0.1, 0.15) is 0 Å². The monoisotopic (exact) mass is 723 g/mol. The van der Waals surface area contributed by atoms with E-state index in [1.807, 2.05) is 0 Å². The Bertz CT molecular complexity index is 3820. The van der Waals surface area contributed by atoms with Gasteiger partial charge in [-0.1, -0.05) is 146 Å². The van der Waals surface area contributed by atoms with Crippen molar-refractivity contribution in [3.8, 4) is 11.4 Å². The fraction of sp³-hybridized carbons (Fsp3) is 0. The van der Waals surface area contributed by atoms with E-state index < -0.39 is 0 Å². The summed E-state index contributed by atoms with van der Waals surface area (Å²) in [6.45, 7) is 0. The zero-order valence-corrected chi connectivity index (χ0v) is 30.9. The molecule has 0 bridgehead atoms. The summed E-state index contributed by atoms with van der Waals surface area (Å²) in [4.78, 5) is 0. The van der Waals surface area contributed by atoms with Gasteiger partial charge in [0.15, 0.2) is 0 Å². The molecule has 0 saturated heterocycles. The van der Waals surface area contributed by atoms with Gasteiger partial charge in [0.25, 0.3) is 0 Å². The first kappa shape index (κ1) is 30.7. The van der Waals surface area contributed by atoms with E-state index in [0.717, 1.165) is 11.4 Å². The maximum atomic E-state index is 2.54. The van der Waals surface area contributed by atoms with Crippen molar-refractivity contribution in [2.24, 2.45) is 0 Å². The van der Waals surface area contributed by atoms with Crippen LogP contribution in [0.25, 0.3) is 115 Å². The van der Waals surface area contributed by atoms with Gasteiger partial charge < -0.3 is 13.5 Å². The van der Waals surface area contributed by atoms with Gasteiger partial charge in [0.2, 0.25) is 0 Å². The van der Waals surface area contributed by atoms with Crippen LogP contribution in [-0.2, 0) is 0 Å². The van der Waals surface area contributed by atoms with E-state index >= 15 is 0 Å². The largest absolute Gasteiger partial charge is 0.309 e. The van der Waals surface area contributed by atoms with Crippen LogP contribution in [0.2, 0.25) is 0 Å². The molecule has 0 saturated carbocycles. The molecule has 0 atom stereocenters. The lowest BCUT2D eigenvalue weighted by molar-refractivity contribution is 1.13. The Hall–Kier alpha value is -7.62. The minimum absolute atomic E-state index is 1.13. The van der Waals surface area contributed by atoms with Gasteiger partial charge in [-0.15, -0.1) is 0 Å². The van der Waals surface area contributed by atoms with Gasteiger partial charge in [-0.2, -0.15) is 0 Å². The molecule has 264 valence electrons. The van der Waals surface area contributed by atoms with Crippen LogP contribution in [0.15, 0.2) is 200 Å². The first-order valence-corrected chi connectivity index (χ1v) is 19.7. The zero-order chi connectivity index (χ0) is 37.2. The van der Waals surface area contributed by atoms with Crippen molar-refractivity contribution >= 4 is 103 Å². The summed E-state index contributed by atoms with van der Waals surface area (Å²) in [6.07, 6.45) is 0. The van der Waals surface area contributed by atoms with Crippen LogP contribution in [0.4, 0.5) is 0 Å². The minimum Gasteiger partial charge on any atom is -0.309 e. The van der Waals surface area contributed by atoms with Crippen molar-refractivity contribution < 1.29 is 0 Å². The molecule has 3 heteroatoms. The second-order valence-electron chi connectivity index (χ2n) is 15.3. The van der Waals surface area contributed by atoms with E-state index in [2.05, 4.69) is 214 Å². The summed E-state index contributed by atoms with van der Waals surface area (Å²) < 4.78 is 7.43. The topological polar surface area (TPSA) is 14.3 Å². The second kappa shape index (κ2) is 11.5. The molecule has 0 aliphatic rings. The molecule has 13 aromatic rings. The predicted molar refractivity (Wildman–Crippen MR) is 242 cm³/mol. The number of aromatic nitrogens is 3. The molecule has 0 spiro atoms. The standard InChI is InChI=1S/C54H33N3/c1-3-19-38-36(17-1)37-18-2-4-20-39(37)46-32-52-47(33-53(46)57-51-30-12-7-23-42(51)45-26-14-25-44(38)54(45)57)43-24-8-11-29-50(43)56(52)35-16-13-15-34(31-35)55-48-27-9-5-21-40(48)41-22-6-10-28-49(41)55/h1-33H. The summed E-state index contributed by atoms with van der Waals surface area (Å²) in [5.41, 5.74) is 10.7. The van der Waals surface area contributed by atoms with E-state index in [0.29, 0.717) is 0 Å². The van der Waals surface area contributed by atoms with Gasteiger partial charge in [-0.3, -0.25) is 0 Å². The van der Waals surface area contributed by atoms with Crippen LogP contribution in [0.1, 0.15) is 0 Å². The number of hydrogen-bond donors (Lipinski definition) is 0. The molecule has 0 aliphatic carbocycles. The molecule has 0 amide bonds. The molecule has 57 heavy (non-hydrogen) atoms. The molecule has 9 aromatic carbocycles. The van der Waals surface area contributed by atoms with Gasteiger partial charge in [0, 0.05) is 54.5 Å². The molecule has 3 nitrogen and oxygen atoms in total. The Morgan fingerprint density at radius 1 is 0.211 bits per heavy atom. The first-order valence-electron chi connectivity index (χ1n) is 19.7. The highest BCUT2D eigenvalue weighted by atomic mass is 15.0. The van der Waals surface area contributed by atoms with Crippen LogP contribution in [0.3, 0.4) is 0 Å². The lowest BCUT2D eigenvalue weighted by atomic mass is 10.00. The van der Waals surface area contributed by atoms with Crippen molar-refractivity contribution in [2.75, 3.05) is 0 Å². The van der Waals surface area contributed by atoms with Crippen molar-refractivity contribution in [2.45, 2.75) is 0 Å². The molecule has 4 heterocycles. The summed E-state index contributed by atoms with van der Waals surface area (Å²) in [6, 6.07) is 74.0. The van der Waals surface area contributed by atoms with Crippen molar-refractivity contribution in [1.29, 1.82) is 0 Å². The molecule has 0 fully saturated rings. The van der Waals surface area contributed by atoms with Gasteiger partial charge >= 0.3 is 0 Å². The zero-order valence-electron chi connectivity index (χ0n) is 30.9. The van der Waals surface area contributed by atoms with Gasteiger partial charge in [0.05, 0.1) is 38.6 Å². The minimum atomic E-state index is 1.13. The fourth-order valence-electron chi connectivity index (χ4n) is 10.0. The number of fused-ring (bicyclic) bond motifs is 16. The second-order valence-corrected chi connectivity index (χ2v) is 15.3. The number of nitrogens with zero attached hydrogens (tertiary/aromatic N) is 3. The molecule has 4 aromatic heterocycles. The van der Waals surface area contributed by atoms with E-state index in [1.54, 1.807) is 0 Å². The van der Waals surface area contributed by atoms with Crippen LogP contribution in [-0.4, -0.2) is 13.5 Å². The maximum absolute atomic E-state index is 2.54. The highest BCUT2D eigenvalue weighted by Crippen LogP contribution is 2.42. The Morgan fingerprint density at radius 3 is 1.11 bits per heavy atom. The third-order valence-electron chi connectivity index (χ3n) is 12.4. The van der Waals surface area contributed by atoms with Crippen LogP contribution >= 0.6 is 0 Å². The SMILES string of the molecule is c1cc(-n2c3ccccc3c3ccccc32)cc(-n2c3ccccc3c3cc4c(cc32)c2ccccc2c2ccccc2c2cccc3c5ccccc5n4c23)c1. The van der Waals surface area contributed by atoms with Gasteiger partial charge in [-0.25, -0.2) is 0 Å². The lowest BCUT2D eigenvalue weighted by Crippen LogP contribution is -1.98. The Labute approximate surface area is 327 Å². The quantitative estimate of drug-likeness (QED) is 0.169. The summed E-state index contributed by atoms with van der Waals surface area (Å²) in [7, 11) is 0. The average molecular weight is 724 g/mol.